The number of hydrogen-bond acceptors (Lipinski definition) is 4. The monoisotopic (exact) mass is 303 g/mol. The number of halogens is 3. The molecule has 8 heteroatoms. The first-order chi connectivity index (χ1) is 9.86. The third-order valence-electron chi connectivity index (χ3n) is 2.56. The molecular weight excluding hydrogens is 291 g/mol. The van der Waals surface area contributed by atoms with Crippen LogP contribution in [0, 0.1) is 17.5 Å². The fourth-order valence-corrected chi connectivity index (χ4v) is 1.41. The maximum absolute atomic E-state index is 13.3. The Hall–Kier alpha value is -2.38. The number of ether oxygens (including phenoxy) is 1. The quantitative estimate of drug-likeness (QED) is 0.636. The van der Waals surface area contributed by atoms with Crippen LogP contribution >= 0.6 is 0 Å². The molecule has 0 heterocycles. The highest BCUT2D eigenvalue weighted by Crippen LogP contribution is 2.14. The number of methoxy groups -OCH3 is 1. The van der Waals surface area contributed by atoms with Gasteiger partial charge in [-0.1, -0.05) is 0 Å². The third kappa shape index (κ3) is 4.59. The van der Waals surface area contributed by atoms with Gasteiger partial charge in [-0.05, 0) is 12.1 Å². The zero-order valence-electron chi connectivity index (χ0n) is 11.0. The highest BCUT2D eigenvalue weighted by atomic mass is 19.2. The van der Waals surface area contributed by atoms with Gasteiger partial charge in [0.05, 0.1) is 25.6 Å². The van der Waals surface area contributed by atoms with Gasteiger partial charge in [0, 0.05) is 6.42 Å². The Morgan fingerprint density at radius 1 is 1.10 bits per heavy atom. The van der Waals surface area contributed by atoms with Crippen LogP contribution in [-0.2, 0) is 14.3 Å². The first kappa shape index (κ1) is 16.7. The predicted molar refractivity (Wildman–Crippen MR) is 64.9 cm³/mol. The van der Waals surface area contributed by atoms with Crippen LogP contribution in [0.1, 0.15) is 23.2 Å². The molecule has 0 unspecified atom stereocenters. The fourth-order valence-electron chi connectivity index (χ4n) is 1.41. The van der Waals surface area contributed by atoms with Crippen molar-refractivity contribution in [2.45, 2.75) is 12.8 Å². The van der Waals surface area contributed by atoms with E-state index in [4.69, 9.17) is 0 Å². The number of amides is 1. The van der Waals surface area contributed by atoms with E-state index in [2.05, 4.69) is 10.1 Å². The van der Waals surface area contributed by atoms with Crippen molar-refractivity contribution in [3.63, 3.8) is 0 Å². The lowest BCUT2D eigenvalue weighted by molar-refractivity contribution is -0.141. The molecule has 1 N–H and O–H groups in total. The molecule has 0 radical (unpaired) electrons. The van der Waals surface area contributed by atoms with Crippen LogP contribution in [0.3, 0.4) is 0 Å². The largest absolute Gasteiger partial charge is 0.469 e. The molecule has 0 aliphatic heterocycles. The number of carbonyl (C=O) groups is 3. The standard InChI is InChI=1S/C13H12F3NO4/c1-21-10(19)5-2-7(18)6-17-13(20)8-3-4-9(14)12(16)11(8)15/h3-4H,2,5-6H2,1H3,(H,17,20). The van der Waals surface area contributed by atoms with Crippen LogP contribution < -0.4 is 5.32 Å². The Balaban J connectivity index is 2.57. The smallest absolute Gasteiger partial charge is 0.305 e. The van der Waals surface area contributed by atoms with Crippen LogP contribution in [0.5, 0.6) is 0 Å². The topological polar surface area (TPSA) is 72.5 Å². The molecule has 1 aromatic carbocycles. The summed E-state index contributed by atoms with van der Waals surface area (Å²) in [5, 5.41) is 2.06. The number of carbonyl (C=O) groups excluding carboxylic acids is 3. The second-order valence-corrected chi connectivity index (χ2v) is 4.02. The van der Waals surface area contributed by atoms with E-state index in [1.807, 2.05) is 0 Å². The Kier molecular flexibility index (Phi) is 5.89. The number of rotatable bonds is 6. The van der Waals surface area contributed by atoms with Crippen molar-refractivity contribution in [2.24, 2.45) is 0 Å². The Morgan fingerprint density at radius 3 is 2.38 bits per heavy atom. The molecule has 0 saturated carbocycles. The number of nitrogens with one attached hydrogen (secondary N) is 1. The molecule has 0 bridgehead atoms. The minimum atomic E-state index is -1.76. The molecule has 0 spiro atoms. The maximum Gasteiger partial charge on any atom is 0.305 e. The third-order valence-corrected chi connectivity index (χ3v) is 2.56. The molecule has 0 aliphatic carbocycles. The summed E-state index contributed by atoms with van der Waals surface area (Å²) in [4.78, 5) is 33.7. The van der Waals surface area contributed by atoms with Gasteiger partial charge in [-0.2, -0.15) is 0 Å². The van der Waals surface area contributed by atoms with Crippen molar-refractivity contribution in [1.82, 2.24) is 5.32 Å². The van der Waals surface area contributed by atoms with Crippen LogP contribution in [0.2, 0.25) is 0 Å². The minimum Gasteiger partial charge on any atom is -0.469 e. The minimum absolute atomic E-state index is 0.148. The van der Waals surface area contributed by atoms with Crippen LogP contribution in [0.25, 0.3) is 0 Å². The summed E-state index contributed by atoms with van der Waals surface area (Å²) in [5.41, 5.74) is -0.713. The fraction of sp³-hybridized carbons (Fsp3) is 0.308. The van der Waals surface area contributed by atoms with Gasteiger partial charge in [0.1, 0.15) is 0 Å². The van der Waals surface area contributed by atoms with Crippen LogP contribution in [0.15, 0.2) is 12.1 Å². The van der Waals surface area contributed by atoms with Crippen LogP contribution in [-0.4, -0.2) is 31.3 Å². The second kappa shape index (κ2) is 7.41. The van der Waals surface area contributed by atoms with Gasteiger partial charge in [-0.3, -0.25) is 14.4 Å². The molecule has 1 aromatic rings. The first-order valence-corrected chi connectivity index (χ1v) is 5.87. The molecule has 0 fully saturated rings. The van der Waals surface area contributed by atoms with E-state index in [-0.39, 0.29) is 12.8 Å². The lowest BCUT2D eigenvalue weighted by Gasteiger charge is -2.06. The molecule has 0 aromatic heterocycles. The highest BCUT2D eigenvalue weighted by molar-refractivity contribution is 5.97. The van der Waals surface area contributed by atoms with E-state index in [1.54, 1.807) is 0 Å². The number of hydrogen-bond donors (Lipinski definition) is 1. The maximum atomic E-state index is 13.3. The van der Waals surface area contributed by atoms with Crippen molar-refractivity contribution in [1.29, 1.82) is 0 Å². The predicted octanol–water partition coefficient (Wildman–Crippen LogP) is 1.36. The van der Waals surface area contributed by atoms with Crippen molar-refractivity contribution < 1.29 is 32.3 Å². The van der Waals surface area contributed by atoms with E-state index >= 15 is 0 Å². The number of ketones is 1. The zero-order chi connectivity index (χ0) is 16.0. The lowest BCUT2D eigenvalue weighted by atomic mass is 10.1. The first-order valence-electron chi connectivity index (χ1n) is 5.87. The lowest BCUT2D eigenvalue weighted by Crippen LogP contribution is -2.30. The second-order valence-electron chi connectivity index (χ2n) is 4.02. The van der Waals surface area contributed by atoms with E-state index in [0.29, 0.717) is 6.07 Å². The molecule has 1 rings (SSSR count). The van der Waals surface area contributed by atoms with Crippen molar-refractivity contribution in [2.75, 3.05) is 13.7 Å². The van der Waals surface area contributed by atoms with Gasteiger partial charge in [-0.25, -0.2) is 13.2 Å². The molecule has 0 aliphatic rings. The van der Waals surface area contributed by atoms with Gasteiger partial charge in [0.25, 0.3) is 5.91 Å². The zero-order valence-corrected chi connectivity index (χ0v) is 11.0. The Bertz CT molecular complexity index is 575. The molecule has 114 valence electrons. The molecular formula is C13H12F3NO4. The summed E-state index contributed by atoms with van der Waals surface area (Å²) in [6.45, 7) is -0.464. The van der Waals surface area contributed by atoms with Gasteiger partial charge in [0.2, 0.25) is 0 Å². The average molecular weight is 303 g/mol. The Morgan fingerprint density at radius 2 is 1.76 bits per heavy atom. The van der Waals surface area contributed by atoms with Crippen molar-refractivity contribution in [3.8, 4) is 0 Å². The van der Waals surface area contributed by atoms with E-state index in [1.165, 1.54) is 7.11 Å². The number of esters is 1. The summed E-state index contributed by atoms with van der Waals surface area (Å²) in [7, 11) is 1.17. The normalized spacial score (nSPS) is 10.1. The Labute approximate surface area is 118 Å². The van der Waals surface area contributed by atoms with Gasteiger partial charge in [-0.15, -0.1) is 0 Å². The van der Waals surface area contributed by atoms with Crippen LogP contribution in [0.4, 0.5) is 13.2 Å². The summed E-state index contributed by atoms with van der Waals surface area (Å²) in [6, 6.07) is 1.37. The van der Waals surface area contributed by atoms with Crippen molar-refractivity contribution in [3.05, 3.63) is 35.1 Å². The summed E-state index contributed by atoms with van der Waals surface area (Å²) >= 11 is 0. The molecule has 0 saturated heterocycles. The summed E-state index contributed by atoms with van der Waals surface area (Å²) in [5.74, 6) is -6.94. The number of Topliss-reactive ketones (excluding diaryl/α,β-unsaturated/α-hetero) is 1. The van der Waals surface area contributed by atoms with Gasteiger partial charge in [0.15, 0.2) is 23.2 Å². The van der Waals surface area contributed by atoms with E-state index in [0.717, 1.165) is 6.07 Å². The SMILES string of the molecule is COC(=O)CCC(=O)CNC(=O)c1ccc(F)c(F)c1F. The van der Waals surface area contributed by atoms with Gasteiger partial charge >= 0.3 is 5.97 Å². The average Bonchev–Trinajstić information content (AvgIpc) is 2.47. The molecule has 21 heavy (non-hydrogen) atoms. The summed E-state index contributed by atoms with van der Waals surface area (Å²) in [6.07, 6.45) is -0.308. The molecule has 5 nitrogen and oxygen atoms in total. The van der Waals surface area contributed by atoms with E-state index in [9.17, 15) is 27.6 Å². The van der Waals surface area contributed by atoms with Crippen molar-refractivity contribution >= 4 is 17.7 Å². The molecule has 1 amide bonds. The number of benzene rings is 1. The van der Waals surface area contributed by atoms with Gasteiger partial charge < -0.3 is 10.1 Å². The summed E-state index contributed by atoms with van der Waals surface area (Å²) < 4.78 is 43.3. The van der Waals surface area contributed by atoms with E-state index < -0.39 is 47.2 Å². The highest BCUT2D eigenvalue weighted by Gasteiger charge is 2.19. The molecule has 0 atom stereocenters.